The van der Waals surface area contributed by atoms with E-state index < -0.39 is 11.8 Å². The van der Waals surface area contributed by atoms with Crippen molar-refractivity contribution in [3.8, 4) is 11.5 Å². The fourth-order valence-electron chi connectivity index (χ4n) is 2.01. The summed E-state index contributed by atoms with van der Waals surface area (Å²) in [5.74, 6) is -0.434. The second kappa shape index (κ2) is 7.75. The van der Waals surface area contributed by atoms with E-state index in [0.29, 0.717) is 17.1 Å². The molecule has 0 fully saturated rings. The lowest BCUT2D eigenvalue weighted by atomic mass is 10.2. The van der Waals surface area contributed by atoms with Gasteiger partial charge in [0.05, 0.1) is 6.21 Å². The summed E-state index contributed by atoms with van der Waals surface area (Å²) in [6.07, 6.45) is 4.63. The van der Waals surface area contributed by atoms with Gasteiger partial charge in [-0.05, 0) is 39.7 Å². The first-order valence-corrected chi connectivity index (χ1v) is 8.02. The van der Waals surface area contributed by atoms with Crippen molar-refractivity contribution in [1.82, 2.24) is 15.7 Å². The van der Waals surface area contributed by atoms with Gasteiger partial charge in [-0.15, -0.1) is 0 Å². The molecule has 2 heterocycles. The van der Waals surface area contributed by atoms with Crippen LogP contribution in [-0.4, -0.2) is 29.8 Å². The first-order valence-electron chi connectivity index (χ1n) is 7.23. The average Bonchev–Trinajstić information content (AvgIpc) is 3.07. The molecular weight excluding hydrogens is 392 g/mol. The summed E-state index contributed by atoms with van der Waals surface area (Å²) in [5.41, 5.74) is 3.63. The van der Waals surface area contributed by atoms with E-state index in [1.807, 2.05) is 0 Å². The Kier molecular flexibility index (Phi) is 5.24. The van der Waals surface area contributed by atoms with Gasteiger partial charge in [-0.3, -0.25) is 14.6 Å². The van der Waals surface area contributed by atoms with Gasteiger partial charge in [0.25, 0.3) is 0 Å². The number of ether oxygens (including phenoxy) is 2. The number of carbonyl (C=O) groups excluding carboxylic acids is 2. The second-order valence-corrected chi connectivity index (χ2v) is 5.82. The van der Waals surface area contributed by atoms with Crippen molar-refractivity contribution in [3.63, 3.8) is 0 Å². The minimum atomic E-state index is -0.864. The fourth-order valence-corrected chi connectivity index (χ4v) is 2.43. The first kappa shape index (κ1) is 16.9. The third-order valence-electron chi connectivity index (χ3n) is 3.24. The maximum atomic E-state index is 11.7. The number of nitrogens with zero attached hydrogens (tertiary/aromatic N) is 2. The molecule has 0 saturated carbocycles. The van der Waals surface area contributed by atoms with Gasteiger partial charge < -0.3 is 14.8 Å². The van der Waals surface area contributed by atoms with Crippen molar-refractivity contribution in [1.29, 1.82) is 0 Å². The SMILES string of the molecule is O=C(NCc1cccnc1)C(=O)N/N=C\c1cc2c(cc1Br)OCO2. The van der Waals surface area contributed by atoms with E-state index in [2.05, 4.69) is 36.8 Å². The number of hydrogen-bond acceptors (Lipinski definition) is 6. The quantitative estimate of drug-likeness (QED) is 0.454. The lowest BCUT2D eigenvalue weighted by Crippen LogP contribution is -2.37. The van der Waals surface area contributed by atoms with Crippen LogP contribution in [0.25, 0.3) is 0 Å². The second-order valence-electron chi connectivity index (χ2n) is 4.97. The predicted molar refractivity (Wildman–Crippen MR) is 92.1 cm³/mol. The normalized spacial score (nSPS) is 12.2. The molecular formula is C16H13BrN4O4. The Morgan fingerprint density at radius 2 is 2.08 bits per heavy atom. The average molecular weight is 405 g/mol. The fraction of sp³-hybridized carbons (Fsp3) is 0.125. The minimum absolute atomic E-state index is 0.163. The van der Waals surface area contributed by atoms with E-state index in [4.69, 9.17) is 9.47 Å². The number of pyridine rings is 1. The molecule has 0 aliphatic carbocycles. The number of halogens is 1. The summed E-state index contributed by atoms with van der Waals surface area (Å²) in [6.45, 7) is 0.369. The van der Waals surface area contributed by atoms with E-state index >= 15 is 0 Å². The molecule has 0 saturated heterocycles. The van der Waals surface area contributed by atoms with Crippen molar-refractivity contribution < 1.29 is 19.1 Å². The molecule has 0 bridgehead atoms. The Hall–Kier alpha value is -2.94. The zero-order valence-electron chi connectivity index (χ0n) is 12.9. The van der Waals surface area contributed by atoms with Gasteiger partial charge in [-0.2, -0.15) is 5.10 Å². The minimum Gasteiger partial charge on any atom is -0.454 e. The van der Waals surface area contributed by atoms with Crippen LogP contribution in [-0.2, 0) is 16.1 Å². The Bertz CT molecular complexity index is 826. The maximum Gasteiger partial charge on any atom is 0.329 e. The highest BCUT2D eigenvalue weighted by molar-refractivity contribution is 9.10. The standard InChI is InChI=1S/C16H13BrN4O4/c17-12-5-14-13(24-9-25-14)4-11(12)8-20-21-16(23)15(22)19-7-10-2-1-3-18-6-10/h1-6,8H,7,9H2,(H,19,22)(H,21,23)/b20-8-. The third kappa shape index (κ3) is 4.32. The van der Waals surface area contributed by atoms with Crippen LogP contribution >= 0.6 is 15.9 Å². The molecule has 2 N–H and O–H groups in total. The summed E-state index contributed by atoms with van der Waals surface area (Å²) in [7, 11) is 0. The molecule has 2 aromatic rings. The third-order valence-corrected chi connectivity index (χ3v) is 3.93. The van der Waals surface area contributed by atoms with E-state index in [1.165, 1.54) is 6.21 Å². The van der Waals surface area contributed by atoms with Crippen molar-refractivity contribution in [2.75, 3.05) is 6.79 Å². The molecule has 0 spiro atoms. The van der Waals surface area contributed by atoms with Gasteiger partial charge in [0.2, 0.25) is 6.79 Å². The molecule has 128 valence electrons. The Morgan fingerprint density at radius 1 is 1.28 bits per heavy atom. The van der Waals surface area contributed by atoms with Crippen LogP contribution in [0.2, 0.25) is 0 Å². The van der Waals surface area contributed by atoms with Crippen molar-refractivity contribution >= 4 is 34.0 Å². The topological polar surface area (TPSA) is 102 Å². The van der Waals surface area contributed by atoms with Crippen molar-refractivity contribution in [3.05, 3.63) is 52.3 Å². The molecule has 0 radical (unpaired) electrons. The van der Waals surface area contributed by atoms with Crippen LogP contribution < -0.4 is 20.2 Å². The number of hydrazone groups is 1. The Balaban J connectivity index is 1.53. The number of carbonyl (C=O) groups is 2. The van der Waals surface area contributed by atoms with Crippen molar-refractivity contribution in [2.24, 2.45) is 5.10 Å². The lowest BCUT2D eigenvalue weighted by Gasteiger charge is -2.04. The zero-order valence-corrected chi connectivity index (χ0v) is 14.4. The zero-order chi connectivity index (χ0) is 17.6. The summed E-state index contributed by atoms with van der Waals surface area (Å²) < 4.78 is 11.2. The van der Waals surface area contributed by atoms with Crippen LogP contribution in [0.1, 0.15) is 11.1 Å². The van der Waals surface area contributed by atoms with Gasteiger partial charge in [0, 0.05) is 29.0 Å². The largest absolute Gasteiger partial charge is 0.454 e. The Labute approximate surface area is 151 Å². The molecule has 2 amide bonds. The number of hydrogen-bond donors (Lipinski definition) is 2. The molecule has 8 nitrogen and oxygen atoms in total. The lowest BCUT2D eigenvalue weighted by molar-refractivity contribution is -0.139. The van der Waals surface area contributed by atoms with Crippen LogP contribution in [0.4, 0.5) is 0 Å². The number of fused-ring (bicyclic) bond motifs is 1. The van der Waals surface area contributed by atoms with Gasteiger partial charge in [0.1, 0.15) is 0 Å². The molecule has 9 heteroatoms. The monoisotopic (exact) mass is 404 g/mol. The summed E-state index contributed by atoms with van der Waals surface area (Å²) >= 11 is 3.37. The highest BCUT2D eigenvalue weighted by Crippen LogP contribution is 2.36. The van der Waals surface area contributed by atoms with Gasteiger partial charge in [0.15, 0.2) is 11.5 Å². The molecule has 25 heavy (non-hydrogen) atoms. The highest BCUT2D eigenvalue weighted by atomic mass is 79.9. The molecule has 1 aliphatic rings. The molecule has 0 unspecified atom stereocenters. The van der Waals surface area contributed by atoms with E-state index in [0.717, 1.165) is 10.0 Å². The van der Waals surface area contributed by atoms with E-state index in [1.54, 1.807) is 36.7 Å². The van der Waals surface area contributed by atoms with Crippen molar-refractivity contribution in [2.45, 2.75) is 6.54 Å². The van der Waals surface area contributed by atoms with Gasteiger partial charge >= 0.3 is 11.8 Å². The predicted octanol–water partition coefficient (Wildman–Crippen LogP) is 1.34. The summed E-state index contributed by atoms with van der Waals surface area (Å²) in [4.78, 5) is 27.4. The highest BCUT2D eigenvalue weighted by Gasteiger charge is 2.16. The molecule has 1 aliphatic heterocycles. The van der Waals surface area contributed by atoms with Crippen LogP contribution in [0, 0.1) is 0 Å². The Morgan fingerprint density at radius 3 is 2.84 bits per heavy atom. The number of rotatable bonds is 4. The number of nitrogens with one attached hydrogen (secondary N) is 2. The summed E-state index contributed by atoms with van der Waals surface area (Å²) in [5, 5.41) is 6.26. The van der Waals surface area contributed by atoms with Gasteiger partial charge in [-0.25, -0.2) is 5.43 Å². The molecule has 1 aromatic carbocycles. The van der Waals surface area contributed by atoms with Crippen LogP contribution in [0.5, 0.6) is 11.5 Å². The maximum absolute atomic E-state index is 11.7. The van der Waals surface area contributed by atoms with E-state index in [-0.39, 0.29) is 13.3 Å². The van der Waals surface area contributed by atoms with Crippen LogP contribution in [0.3, 0.4) is 0 Å². The van der Waals surface area contributed by atoms with Gasteiger partial charge in [-0.1, -0.05) is 6.07 Å². The summed E-state index contributed by atoms with van der Waals surface area (Å²) in [6, 6.07) is 6.99. The van der Waals surface area contributed by atoms with Crippen LogP contribution in [0.15, 0.2) is 46.2 Å². The first-order chi connectivity index (χ1) is 12.1. The molecule has 3 rings (SSSR count). The smallest absolute Gasteiger partial charge is 0.329 e. The van der Waals surface area contributed by atoms with E-state index in [9.17, 15) is 9.59 Å². The number of amides is 2. The number of benzene rings is 1. The number of aromatic nitrogens is 1. The molecule has 1 aromatic heterocycles. The molecule has 0 atom stereocenters.